The number of benzene rings is 2. The minimum atomic E-state index is -0.866. The van der Waals surface area contributed by atoms with Gasteiger partial charge in [0.25, 0.3) is 0 Å². The van der Waals surface area contributed by atoms with Gasteiger partial charge in [0.15, 0.2) is 0 Å². The van der Waals surface area contributed by atoms with Crippen molar-refractivity contribution in [3.05, 3.63) is 59.2 Å². The lowest BCUT2D eigenvalue weighted by atomic mass is 10.0. The first-order valence-corrected chi connectivity index (χ1v) is 8.78. The SMILES string of the molecule is CC(C)S(=O)CC(N)c1ccc2c(c1)Cc1ccccc1-2. The van der Waals surface area contributed by atoms with Crippen molar-refractivity contribution in [2.45, 2.75) is 31.6 Å². The van der Waals surface area contributed by atoms with E-state index in [1.807, 2.05) is 13.8 Å². The predicted octanol–water partition coefficient (Wildman–Crippen LogP) is 3.41. The van der Waals surface area contributed by atoms with Crippen LogP contribution in [0.2, 0.25) is 0 Å². The van der Waals surface area contributed by atoms with Crippen molar-refractivity contribution in [2.75, 3.05) is 5.75 Å². The molecule has 0 saturated heterocycles. The van der Waals surface area contributed by atoms with Crippen LogP contribution in [0, 0.1) is 0 Å². The van der Waals surface area contributed by atoms with E-state index in [9.17, 15) is 4.21 Å². The van der Waals surface area contributed by atoms with Crippen LogP contribution in [0.5, 0.6) is 0 Å². The molecule has 1 aliphatic rings. The van der Waals surface area contributed by atoms with E-state index in [4.69, 9.17) is 5.73 Å². The monoisotopic (exact) mass is 299 g/mol. The highest BCUT2D eigenvalue weighted by Gasteiger charge is 2.20. The second-order valence-corrected chi connectivity index (χ2v) is 7.99. The fourth-order valence-electron chi connectivity index (χ4n) is 2.86. The zero-order valence-corrected chi connectivity index (χ0v) is 13.3. The maximum atomic E-state index is 12.0. The Morgan fingerprint density at radius 3 is 2.57 bits per heavy atom. The standard InChI is InChI=1S/C18H21NOS/c1-12(2)21(20)11-18(19)14-7-8-17-15(10-14)9-13-5-3-4-6-16(13)17/h3-8,10,12,18H,9,11,19H2,1-2H3. The van der Waals surface area contributed by atoms with Crippen molar-refractivity contribution in [1.29, 1.82) is 0 Å². The van der Waals surface area contributed by atoms with Crippen LogP contribution in [0.25, 0.3) is 11.1 Å². The molecule has 2 aromatic carbocycles. The van der Waals surface area contributed by atoms with Crippen molar-refractivity contribution < 1.29 is 4.21 Å². The average Bonchev–Trinajstić information content (AvgIpc) is 2.84. The molecule has 0 aliphatic heterocycles. The lowest BCUT2D eigenvalue weighted by Gasteiger charge is -2.15. The Hall–Kier alpha value is -1.45. The second kappa shape index (κ2) is 5.74. The van der Waals surface area contributed by atoms with Crippen LogP contribution < -0.4 is 5.73 Å². The van der Waals surface area contributed by atoms with Gasteiger partial charge < -0.3 is 5.73 Å². The van der Waals surface area contributed by atoms with E-state index in [0.717, 1.165) is 12.0 Å². The Balaban J connectivity index is 1.85. The quantitative estimate of drug-likeness (QED) is 0.802. The fraction of sp³-hybridized carbons (Fsp3) is 0.333. The van der Waals surface area contributed by atoms with Gasteiger partial charge in [0.2, 0.25) is 0 Å². The summed E-state index contributed by atoms with van der Waals surface area (Å²) in [7, 11) is -0.866. The molecule has 0 bridgehead atoms. The molecule has 110 valence electrons. The predicted molar refractivity (Wildman–Crippen MR) is 89.8 cm³/mol. The summed E-state index contributed by atoms with van der Waals surface area (Å²) in [6.07, 6.45) is 0.972. The molecule has 21 heavy (non-hydrogen) atoms. The molecule has 2 N–H and O–H groups in total. The summed E-state index contributed by atoms with van der Waals surface area (Å²) in [5.41, 5.74) is 12.7. The summed E-state index contributed by atoms with van der Waals surface area (Å²) in [6, 6.07) is 14.8. The van der Waals surface area contributed by atoms with Gasteiger partial charge in [-0.25, -0.2) is 0 Å². The third-order valence-electron chi connectivity index (χ3n) is 4.12. The van der Waals surface area contributed by atoms with E-state index in [-0.39, 0.29) is 11.3 Å². The normalized spacial score (nSPS) is 15.6. The van der Waals surface area contributed by atoms with Gasteiger partial charge in [-0.1, -0.05) is 56.3 Å². The molecule has 0 aromatic heterocycles. The second-order valence-electron chi connectivity index (χ2n) is 5.95. The highest BCUT2D eigenvalue weighted by atomic mass is 32.2. The van der Waals surface area contributed by atoms with Crippen LogP contribution >= 0.6 is 0 Å². The maximum Gasteiger partial charge on any atom is 0.0431 e. The number of nitrogens with two attached hydrogens (primary N) is 1. The van der Waals surface area contributed by atoms with Gasteiger partial charge in [0.1, 0.15) is 0 Å². The first-order chi connectivity index (χ1) is 10.1. The molecule has 0 fully saturated rings. The molecule has 2 unspecified atom stereocenters. The third kappa shape index (κ3) is 2.81. The molecule has 2 atom stereocenters. The van der Waals surface area contributed by atoms with Crippen LogP contribution in [0.1, 0.15) is 36.6 Å². The topological polar surface area (TPSA) is 43.1 Å². The summed E-state index contributed by atoms with van der Waals surface area (Å²) in [4.78, 5) is 0. The van der Waals surface area contributed by atoms with Gasteiger partial charge in [0, 0.05) is 27.8 Å². The third-order valence-corrected chi connectivity index (χ3v) is 5.85. The zero-order chi connectivity index (χ0) is 15.0. The molecule has 0 radical (unpaired) electrons. The van der Waals surface area contributed by atoms with Gasteiger partial charge in [-0.05, 0) is 34.2 Å². The van der Waals surface area contributed by atoms with Gasteiger partial charge in [-0.3, -0.25) is 4.21 Å². The minimum absolute atomic E-state index is 0.151. The lowest BCUT2D eigenvalue weighted by Crippen LogP contribution is -2.22. The first-order valence-electron chi connectivity index (χ1n) is 7.40. The van der Waals surface area contributed by atoms with Crippen molar-refractivity contribution >= 4 is 10.8 Å². The smallest absolute Gasteiger partial charge is 0.0431 e. The highest BCUT2D eigenvalue weighted by Crippen LogP contribution is 2.37. The van der Waals surface area contributed by atoms with Crippen LogP contribution in [0.15, 0.2) is 42.5 Å². The summed E-state index contributed by atoms with van der Waals surface area (Å²) in [5, 5.41) is 0.162. The molecule has 0 amide bonds. The number of fused-ring (bicyclic) bond motifs is 3. The van der Waals surface area contributed by atoms with E-state index in [0.29, 0.717) is 5.75 Å². The van der Waals surface area contributed by atoms with Gasteiger partial charge >= 0.3 is 0 Å². The van der Waals surface area contributed by atoms with Gasteiger partial charge in [-0.15, -0.1) is 0 Å². The fourth-order valence-corrected chi connectivity index (χ4v) is 3.79. The van der Waals surface area contributed by atoms with Crippen molar-refractivity contribution in [3.8, 4) is 11.1 Å². The maximum absolute atomic E-state index is 12.0. The molecular weight excluding hydrogens is 278 g/mol. The summed E-state index contributed by atoms with van der Waals surface area (Å²) >= 11 is 0. The van der Waals surface area contributed by atoms with Crippen LogP contribution in [0.4, 0.5) is 0 Å². The molecule has 0 saturated carbocycles. The molecule has 2 nitrogen and oxygen atoms in total. The summed E-state index contributed by atoms with van der Waals surface area (Å²) < 4.78 is 12.0. The number of hydrogen-bond donors (Lipinski definition) is 1. The molecule has 3 rings (SSSR count). The van der Waals surface area contributed by atoms with Crippen molar-refractivity contribution in [3.63, 3.8) is 0 Å². The molecule has 3 heteroatoms. The molecule has 1 aliphatic carbocycles. The summed E-state index contributed by atoms with van der Waals surface area (Å²) in [5.74, 6) is 0.531. The average molecular weight is 299 g/mol. The molecule has 2 aromatic rings. The van der Waals surface area contributed by atoms with E-state index in [1.165, 1.54) is 22.3 Å². The Bertz CT molecular complexity index is 693. The minimum Gasteiger partial charge on any atom is -0.323 e. The van der Waals surface area contributed by atoms with Crippen LogP contribution in [-0.4, -0.2) is 15.2 Å². The molecule has 0 heterocycles. The van der Waals surface area contributed by atoms with E-state index < -0.39 is 10.8 Å². The Morgan fingerprint density at radius 2 is 1.81 bits per heavy atom. The largest absolute Gasteiger partial charge is 0.323 e. The Labute approximate surface area is 128 Å². The summed E-state index contributed by atoms with van der Waals surface area (Å²) in [6.45, 7) is 3.95. The molecular formula is C18H21NOS. The highest BCUT2D eigenvalue weighted by molar-refractivity contribution is 7.85. The lowest BCUT2D eigenvalue weighted by molar-refractivity contribution is 0.668. The van der Waals surface area contributed by atoms with Crippen LogP contribution in [0.3, 0.4) is 0 Å². The number of rotatable bonds is 4. The first kappa shape index (κ1) is 14.5. The van der Waals surface area contributed by atoms with Gasteiger partial charge in [0.05, 0.1) is 0 Å². The number of hydrogen-bond acceptors (Lipinski definition) is 2. The zero-order valence-electron chi connectivity index (χ0n) is 12.5. The van der Waals surface area contributed by atoms with Gasteiger partial charge in [-0.2, -0.15) is 0 Å². The van der Waals surface area contributed by atoms with E-state index in [1.54, 1.807) is 0 Å². The Morgan fingerprint density at radius 1 is 1.10 bits per heavy atom. The van der Waals surface area contributed by atoms with Crippen LogP contribution in [-0.2, 0) is 17.2 Å². The van der Waals surface area contributed by atoms with Crippen molar-refractivity contribution in [2.24, 2.45) is 5.73 Å². The molecule has 0 spiro atoms. The van der Waals surface area contributed by atoms with E-state index >= 15 is 0 Å². The Kier molecular flexibility index (Phi) is 3.96. The van der Waals surface area contributed by atoms with Crippen molar-refractivity contribution in [1.82, 2.24) is 0 Å². The van der Waals surface area contributed by atoms with E-state index in [2.05, 4.69) is 42.5 Å².